The summed E-state index contributed by atoms with van der Waals surface area (Å²) in [5.74, 6) is 0.123. The summed E-state index contributed by atoms with van der Waals surface area (Å²) in [4.78, 5) is 10.2. The van der Waals surface area contributed by atoms with Gasteiger partial charge in [-0.1, -0.05) is 20.8 Å². The van der Waals surface area contributed by atoms with Crippen molar-refractivity contribution in [2.75, 3.05) is 5.75 Å². The van der Waals surface area contributed by atoms with Crippen molar-refractivity contribution in [3.8, 4) is 0 Å². The van der Waals surface area contributed by atoms with Crippen LogP contribution in [0.4, 0.5) is 0 Å². The molecule has 0 fully saturated rings. The van der Waals surface area contributed by atoms with Crippen LogP contribution in [0.1, 0.15) is 27.2 Å². The monoisotopic (exact) mass is 206 g/mol. The molecule has 0 aromatic rings. The fraction of sp³-hybridized carbons (Fsp3) is 0.889. The van der Waals surface area contributed by atoms with Crippen molar-refractivity contribution in [1.82, 2.24) is 0 Å². The lowest BCUT2D eigenvalue weighted by Gasteiger charge is -2.16. The third kappa shape index (κ3) is 6.90. The molecule has 78 valence electrons. The van der Waals surface area contributed by atoms with Crippen LogP contribution in [0.15, 0.2) is 0 Å². The number of carboxylic acids is 1. The highest BCUT2D eigenvalue weighted by atomic mass is 32.2. The molecule has 0 aliphatic rings. The number of carboxylic acid groups (broad SMARTS) is 1. The van der Waals surface area contributed by atoms with Gasteiger partial charge in [0.05, 0.1) is 12.5 Å². The van der Waals surface area contributed by atoms with Gasteiger partial charge < -0.3 is 10.2 Å². The molecule has 13 heavy (non-hydrogen) atoms. The molecule has 3 nitrogen and oxygen atoms in total. The number of hydrogen-bond donors (Lipinski definition) is 2. The lowest BCUT2D eigenvalue weighted by molar-refractivity contribution is -0.138. The summed E-state index contributed by atoms with van der Waals surface area (Å²) in [6.07, 6.45) is -0.874. The van der Waals surface area contributed by atoms with Crippen LogP contribution in [0.5, 0.6) is 0 Å². The Morgan fingerprint density at radius 3 is 2.31 bits per heavy atom. The topological polar surface area (TPSA) is 57.5 Å². The summed E-state index contributed by atoms with van der Waals surface area (Å²) in [5, 5.41) is 18.1. The third-order valence-electron chi connectivity index (χ3n) is 1.90. The van der Waals surface area contributed by atoms with Crippen LogP contribution in [0.3, 0.4) is 0 Å². The summed E-state index contributed by atoms with van der Waals surface area (Å²) >= 11 is 1.62. The molecule has 0 aliphatic heterocycles. The zero-order valence-electron chi connectivity index (χ0n) is 8.36. The molecule has 2 unspecified atom stereocenters. The molecule has 0 amide bonds. The van der Waals surface area contributed by atoms with E-state index in [0.717, 1.165) is 0 Å². The smallest absolute Gasteiger partial charge is 0.306 e. The Kier molecular flexibility index (Phi) is 6.16. The van der Waals surface area contributed by atoms with E-state index in [1.54, 1.807) is 11.8 Å². The van der Waals surface area contributed by atoms with E-state index in [0.29, 0.717) is 16.9 Å². The van der Waals surface area contributed by atoms with Gasteiger partial charge in [0.15, 0.2) is 0 Å². The molecule has 0 saturated carbocycles. The van der Waals surface area contributed by atoms with Crippen molar-refractivity contribution < 1.29 is 15.0 Å². The van der Waals surface area contributed by atoms with Crippen molar-refractivity contribution in [2.24, 2.45) is 5.92 Å². The summed E-state index contributed by atoms with van der Waals surface area (Å²) in [7, 11) is 0. The van der Waals surface area contributed by atoms with Gasteiger partial charge in [-0.3, -0.25) is 4.79 Å². The molecule has 0 saturated heterocycles. The molecule has 0 bridgehead atoms. The molecule has 0 spiro atoms. The van der Waals surface area contributed by atoms with Gasteiger partial charge in [-0.15, -0.1) is 0 Å². The summed E-state index contributed by atoms with van der Waals surface area (Å²) < 4.78 is 0. The SMILES string of the molecule is CC(C)C(C)SCC(O)CC(=O)O. The maximum Gasteiger partial charge on any atom is 0.306 e. The highest BCUT2D eigenvalue weighted by Gasteiger charge is 2.13. The Balaban J connectivity index is 3.57. The highest BCUT2D eigenvalue weighted by Crippen LogP contribution is 2.19. The Labute approximate surface area is 83.5 Å². The summed E-state index contributed by atoms with van der Waals surface area (Å²) in [6.45, 7) is 6.31. The van der Waals surface area contributed by atoms with Gasteiger partial charge in [0.2, 0.25) is 0 Å². The molecular weight excluding hydrogens is 188 g/mol. The van der Waals surface area contributed by atoms with Gasteiger partial charge in [-0.25, -0.2) is 0 Å². The van der Waals surface area contributed by atoms with Gasteiger partial charge >= 0.3 is 5.97 Å². The quantitative estimate of drug-likeness (QED) is 0.693. The van der Waals surface area contributed by atoms with Gasteiger partial charge in [0.25, 0.3) is 0 Å². The predicted molar refractivity (Wildman–Crippen MR) is 55.0 cm³/mol. The predicted octanol–water partition coefficient (Wildman–Crippen LogP) is 1.60. The first-order valence-electron chi connectivity index (χ1n) is 4.45. The second-order valence-corrected chi connectivity index (χ2v) is 4.94. The molecule has 0 aliphatic carbocycles. The Morgan fingerprint density at radius 2 is 1.92 bits per heavy atom. The largest absolute Gasteiger partial charge is 0.481 e. The second-order valence-electron chi connectivity index (χ2n) is 3.53. The van der Waals surface area contributed by atoms with Crippen molar-refractivity contribution in [3.63, 3.8) is 0 Å². The van der Waals surface area contributed by atoms with E-state index in [9.17, 15) is 9.90 Å². The number of aliphatic hydroxyl groups is 1. The number of aliphatic hydroxyl groups excluding tert-OH is 1. The molecule has 2 atom stereocenters. The lowest BCUT2D eigenvalue weighted by atomic mass is 10.2. The Bertz CT molecular complexity index is 159. The number of thioether (sulfide) groups is 1. The number of aliphatic carboxylic acids is 1. The van der Waals surface area contributed by atoms with Crippen molar-refractivity contribution >= 4 is 17.7 Å². The minimum Gasteiger partial charge on any atom is -0.481 e. The maximum atomic E-state index is 10.2. The van der Waals surface area contributed by atoms with E-state index in [-0.39, 0.29) is 6.42 Å². The van der Waals surface area contributed by atoms with Gasteiger partial charge in [-0.2, -0.15) is 11.8 Å². The number of rotatable bonds is 6. The molecule has 0 aromatic carbocycles. The van der Waals surface area contributed by atoms with Crippen molar-refractivity contribution in [1.29, 1.82) is 0 Å². The number of carbonyl (C=O) groups is 1. The van der Waals surface area contributed by atoms with Crippen LogP contribution in [0.25, 0.3) is 0 Å². The van der Waals surface area contributed by atoms with E-state index in [1.807, 2.05) is 0 Å². The fourth-order valence-corrected chi connectivity index (χ4v) is 1.74. The minimum atomic E-state index is -0.940. The molecule has 0 radical (unpaired) electrons. The molecule has 0 rings (SSSR count). The van der Waals surface area contributed by atoms with E-state index < -0.39 is 12.1 Å². The standard InChI is InChI=1S/C9H18O3S/c1-6(2)7(3)13-5-8(10)4-9(11)12/h6-8,10H,4-5H2,1-3H3,(H,11,12). The normalized spacial score (nSPS) is 15.8. The minimum absolute atomic E-state index is 0.155. The first-order valence-corrected chi connectivity index (χ1v) is 5.49. The Morgan fingerprint density at radius 1 is 1.38 bits per heavy atom. The molecule has 4 heteroatoms. The third-order valence-corrected chi connectivity index (χ3v) is 3.55. The average Bonchev–Trinajstić information content (AvgIpc) is 1.98. The van der Waals surface area contributed by atoms with Crippen LogP contribution in [-0.2, 0) is 4.79 Å². The molecule has 2 N–H and O–H groups in total. The molecule has 0 aromatic heterocycles. The first-order chi connectivity index (χ1) is 5.93. The van der Waals surface area contributed by atoms with Gasteiger partial charge in [0.1, 0.15) is 0 Å². The number of hydrogen-bond acceptors (Lipinski definition) is 3. The summed E-state index contributed by atoms with van der Waals surface area (Å²) in [5.41, 5.74) is 0. The van der Waals surface area contributed by atoms with E-state index in [4.69, 9.17) is 5.11 Å². The van der Waals surface area contributed by atoms with Crippen molar-refractivity contribution in [3.05, 3.63) is 0 Å². The molecule has 0 heterocycles. The van der Waals surface area contributed by atoms with Crippen molar-refractivity contribution in [2.45, 2.75) is 38.5 Å². The van der Waals surface area contributed by atoms with E-state index in [2.05, 4.69) is 20.8 Å². The van der Waals surface area contributed by atoms with Crippen LogP contribution in [0, 0.1) is 5.92 Å². The van der Waals surface area contributed by atoms with E-state index >= 15 is 0 Å². The van der Waals surface area contributed by atoms with Gasteiger partial charge in [0, 0.05) is 11.0 Å². The zero-order valence-corrected chi connectivity index (χ0v) is 9.17. The zero-order chi connectivity index (χ0) is 10.4. The first kappa shape index (κ1) is 12.8. The second kappa shape index (κ2) is 6.27. The van der Waals surface area contributed by atoms with Crippen LogP contribution in [0.2, 0.25) is 0 Å². The highest BCUT2D eigenvalue weighted by molar-refractivity contribution is 7.99. The maximum absolute atomic E-state index is 10.2. The lowest BCUT2D eigenvalue weighted by Crippen LogP contribution is -2.18. The Hall–Kier alpha value is -0.220. The van der Waals surface area contributed by atoms with E-state index in [1.165, 1.54) is 0 Å². The van der Waals surface area contributed by atoms with Crippen LogP contribution in [-0.4, -0.2) is 33.3 Å². The van der Waals surface area contributed by atoms with Gasteiger partial charge in [-0.05, 0) is 5.92 Å². The average molecular weight is 206 g/mol. The fourth-order valence-electron chi connectivity index (χ4n) is 0.716. The van der Waals surface area contributed by atoms with Crippen LogP contribution >= 0.6 is 11.8 Å². The van der Waals surface area contributed by atoms with Crippen LogP contribution < -0.4 is 0 Å². The molecular formula is C9H18O3S. The summed E-state index contributed by atoms with van der Waals surface area (Å²) in [6, 6.07) is 0.